The lowest BCUT2D eigenvalue weighted by Crippen LogP contribution is -1.77. The van der Waals surface area contributed by atoms with Crippen LogP contribution in [-0.4, -0.2) is 0 Å². The highest BCUT2D eigenvalue weighted by molar-refractivity contribution is 5.62. The molecule has 0 spiro atoms. The first kappa shape index (κ1) is 39.4. The summed E-state index contributed by atoms with van der Waals surface area (Å²) in [4.78, 5) is 0. The van der Waals surface area contributed by atoms with Crippen molar-refractivity contribution in [3.63, 3.8) is 0 Å². The van der Waals surface area contributed by atoms with Crippen LogP contribution in [0.1, 0.15) is 91.5 Å². The minimum absolute atomic E-state index is 1.14. The molecule has 38 heavy (non-hydrogen) atoms. The average Bonchev–Trinajstić information content (AvgIpc) is 3.03. The largest absolute Gasteiger partial charge is 0.0683 e. The third-order valence-electron chi connectivity index (χ3n) is 4.94. The molecule has 0 N–H and O–H groups in total. The molecule has 210 valence electrons. The third-order valence-corrected chi connectivity index (χ3v) is 4.94. The molecule has 0 heteroatoms. The summed E-state index contributed by atoms with van der Waals surface area (Å²) in [6, 6.07) is 38.1. The molecule has 0 aliphatic heterocycles. The van der Waals surface area contributed by atoms with E-state index in [1.165, 1.54) is 33.4 Å². The normalized spacial score (nSPS) is 8.21. The molecule has 0 saturated heterocycles. The van der Waals surface area contributed by atoms with Crippen LogP contribution in [0.25, 0.3) is 11.1 Å². The molecule has 0 bridgehead atoms. The van der Waals surface area contributed by atoms with Gasteiger partial charge in [0.1, 0.15) is 0 Å². The van der Waals surface area contributed by atoms with E-state index in [9.17, 15) is 0 Å². The number of hydrogen-bond acceptors (Lipinski definition) is 0. The van der Waals surface area contributed by atoms with Crippen molar-refractivity contribution in [1.29, 1.82) is 0 Å². The quantitative estimate of drug-likeness (QED) is 0.255. The van der Waals surface area contributed by atoms with Gasteiger partial charge in [-0.15, -0.1) is 0 Å². The van der Waals surface area contributed by atoms with Crippen molar-refractivity contribution >= 4 is 0 Å². The lowest BCUT2D eigenvalue weighted by Gasteiger charge is -1.98. The molecule has 0 unspecified atom stereocenters. The molecule has 0 aliphatic rings. The molecule has 0 aromatic heterocycles. The fourth-order valence-corrected chi connectivity index (χ4v) is 2.91. The lowest BCUT2D eigenvalue weighted by molar-refractivity contribution is 1.14. The van der Waals surface area contributed by atoms with Gasteiger partial charge in [-0.05, 0) is 48.9 Å². The van der Waals surface area contributed by atoms with Gasteiger partial charge in [0.05, 0.1) is 0 Å². The molecular weight excluding hydrogens is 456 g/mol. The SMILES string of the molecule is CC.CC.CC.CC.CCc1ccc(C)cc1.CCc1ccc(C)cc1.c1ccc(-c2ccccc2)cc1. The minimum atomic E-state index is 1.14. The maximum atomic E-state index is 2.18. The van der Waals surface area contributed by atoms with Crippen LogP contribution in [-0.2, 0) is 12.8 Å². The van der Waals surface area contributed by atoms with Gasteiger partial charge in [0.25, 0.3) is 0 Å². The first-order valence-corrected chi connectivity index (χ1v) is 14.8. The first-order valence-electron chi connectivity index (χ1n) is 14.8. The molecule has 0 nitrogen and oxygen atoms in total. The molecule has 0 fully saturated rings. The predicted molar refractivity (Wildman–Crippen MR) is 178 cm³/mol. The van der Waals surface area contributed by atoms with Gasteiger partial charge in [0.15, 0.2) is 0 Å². The van der Waals surface area contributed by atoms with Gasteiger partial charge in [0.2, 0.25) is 0 Å². The van der Waals surface area contributed by atoms with E-state index in [-0.39, 0.29) is 0 Å². The highest BCUT2D eigenvalue weighted by atomic mass is 14.0. The Labute approximate surface area is 238 Å². The Morgan fingerprint density at radius 1 is 0.342 bits per heavy atom. The summed E-state index contributed by atoms with van der Waals surface area (Å²) in [5.41, 5.74) is 8.07. The van der Waals surface area contributed by atoms with Crippen molar-refractivity contribution in [3.8, 4) is 11.1 Å². The van der Waals surface area contributed by atoms with Gasteiger partial charge >= 0.3 is 0 Å². The van der Waals surface area contributed by atoms with E-state index in [1.54, 1.807) is 0 Å². The summed E-state index contributed by atoms with van der Waals surface area (Å²) in [7, 11) is 0. The van der Waals surface area contributed by atoms with E-state index < -0.39 is 0 Å². The average molecular weight is 515 g/mol. The monoisotopic (exact) mass is 514 g/mol. The summed E-state index contributed by atoms with van der Waals surface area (Å²) in [6.07, 6.45) is 2.28. The van der Waals surface area contributed by atoms with Crippen LogP contribution >= 0.6 is 0 Å². The van der Waals surface area contributed by atoms with E-state index in [1.807, 2.05) is 67.5 Å². The highest BCUT2D eigenvalue weighted by Crippen LogP contribution is 2.17. The van der Waals surface area contributed by atoms with E-state index in [2.05, 4.69) is 125 Å². The van der Waals surface area contributed by atoms with Crippen molar-refractivity contribution in [1.82, 2.24) is 0 Å². The van der Waals surface area contributed by atoms with E-state index in [0.717, 1.165) is 12.8 Å². The first-order chi connectivity index (χ1) is 18.6. The van der Waals surface area contributed by atoms with E-state index >= 15 is 0 Å². The topological polar surface area (TPSA) is 0 Å². The van der Waals surface area contributed by atoms with E-state index in [0.29, 0.717) is 0 Å². The predicted octanol–water partition coefficient (Wildman–Crippen LogP) is 12.6. The van der Waals surface area contributed by atoms with Crippen LogP contribution in [0.15, 0.2) is 109 Å². The molecule has 0 amide bonds. The van der Waals surface area contributed by atoms with Gasteiger partial charge in [-0.1, -0.05) is 190 Å². The van der Waals surface area contributed by atoms with Gasteiger partial charge in [0, 0.05) is 0 Å². The van der Waals surface area contributed by atoms with E-state index in [4.69, 9.17) is 0 Å². The Hall–Kier alpha value is -3.12. The number of hydrogen-bond donors (Lipinski definition) is 0. The summed E-state index contributed by atoms with van der Waals surface area (Å²) < 4.78 is 0. The second kappa shape index (κ2) is 30.1. The van der Waals surface area contributed by atoms with Gasteiger partial charge in [-0.25, -0.2) is 0 Å². The summed E-state index contributed by atoms with van der Waals surface area (Å²) >= 11 is 0. The lowest BCUT2D eigenvalue weighted by atomic mass is 10.1. The molecule has 4 aromatic carbocycles. The Balaban J connectivity index is -0.000000431. The Morgan fingerprint density at radius 2 is 0.579 bits per heavy atom. The molecule has 0 atom stereocenters. The molecule has 4 aromatic rings. The molecule has 0 heterocycles. The van der Waals surface area contributed by atoms with Gasteiger partial charge in [-0.3, -0.25) is 0 Å². The van der Waals surface area contributed by atoms with Crippen molar-refractivity contribution < 1.29 is 0 Å². The van der Waals surface area contributed by atoms with Crippen molar-refractivity contribution in [2.45, 2.75) is 95.9 Å². The van der Waals surface area contributed by atoms with Gasteiger partial charge < -0.3 is 0 Å². The number of benzene rings is 4. The maximum Gasteiger partial charge on any atom is -0.0184 e. The second-order valence-corrected chi connectivity index (χ2v) is 7.41. The molecule has 0 radical (unpaired) electrons. The molecule has 4 rings (SSSR count). The van der Waals surface area contributed by atoms with Crippen LogP contribution in [0.2, 0.25) is 0 Å². The number of rotatable bonds is 3. The second-order valence-electron chi connectivity index (χ2n) is 7.41. The smallest absolute Gasteiger partial charge is 0.0184 e. The van der Waals surface area contributed by atoms with Crippen LogP contribution < -0.4 is 0 Å². The zero-order valence-corrected chi connectivity index (χ0v) is 26.8. The zero-order chi connectivity index (χ0) is 29.6. The Bertz CT molecular complexity index is 851. The van der Waals surface area contributed by atoms with Crippen molar-refractivity contribution in [2.75, 3.05) is 0 Å². The molecule has 0 aliphatic carbocycles. The summed E-state index contributed by atoms with van der Waals surface area (Å²) in [6.45, 7) is 24.6. The van der Waals surface area contributed by atoms with Crippen LogP contribution in [0.3, 0.4) is 0 Å². The van der Waals surface area contributed by atoms with Crippen LogP contribution in [0.5, 0.6) is 0 Å². The Morgan fingerprint density at radius 3 is 0.789 bits per heavy atom. The molecule has 0 saturated carbocycles. The summed E-state index contributed by atoms with van der Waals surface area (Å²) in [5, 5.41) is 0. The van der Waals surface area contributed by atoms with Crippen molar-refractivity contribution in [2.24, 2.45) is 0 Å². The minimum Gasteiger partial charge on any atom is -0.0683 e. The maximum absolute atomic E-state index is 2.18. The number of aryl methyl sites for hydroxylation is 4. The molecular formula is C38H58. The fraction of sp³-hybridized carbons (Fsp3) is 0.368. The zero-order valence-electron chi connectivity index (χ0n) is 26.8. The highest BCUT2D eigenvalue weighted by Gasteiger charge is 1.92. The fourth-order valence-electron chi connectivity index (χ4n) is 2.91. The third kappa shape index (κ3) is 20.0. The Kier molecular flexibility index (Phi) is 31.2. The standard InChI is InChI=1S/C12H10.2C9H12.4C2H6/c1-3-7-11(8-4-1)12-9-5-2-6-10-12;2*1-3-9-6-4-8(2)5-7-9;4*1-2/h1-10H;2*4-7H,3H2,1-2H3;4*1-2H3. The van der Waals surface area contributed by atoms with Crippen LogP contribution in [0.4, 0.5) is 0 Å². The van der Waals surface area contributed by atoms with Crippen molar-refractivity contribution in [3.05, 3.63) is 131 Å². The van der Waals surface area contributed by atoms with Gasteiger partial charge in [-0.2, -0.15) is 0 Å². The van der Waals surface area contributed by atoms with Crippen LogP contribution in [0, 0.1) is 13.8 Å². The summed E-state index contributed by atoms with van der Waals surface area (Å²) in [5.74, 6) is 0.